The average Bonchev–Trinajstić information content (AvgIpc) is 3.23. The van der Waals surface area contributed by atoms with E-state index in [2.05, 4.69) is 4.98 Å². The Morgan fingerprint density at radius 2 is 2.22 bits per heavy atom. The molecular weight excluding hydrogens is 248 g/mol. The highest BCUT2D eigenvalue weighted by Crippen LogP contribution is 2.33. The molecule has 18 heavy (non-hydrogen) atoms. The lowest BCUT2D eigenvalue weighted by molar-refractivity contribution is -0.121. The fourth-order valence-electron chi connectivity index (χ4n) is 1.65. The van der Waals surface area contributed by atoms with E-state index in [1.54, 1.807) is 24.4 Å². The summed E-state index contributed by atoms with van der Waals surface area (Å²) in [4.78, 5) is 28.8. The molecule has 0 radical (unpaired) electrons. The molecule has 5 heteroatoms. The van der Waals surface area contributed by atoms with E-state index in [-0.39, 0.29) is 17.4 Å². The smallest absolute Gasteiger partial charge is 0.205 e. The number of carbonyl (C=O) groups is 2. The number of nitriles is 1. The molecule has 1 fully saturated rings. The first-order chi connectivity index (χ1) is 8.67. The van der Waals surface area contributed by atoms with Crippen molar-refractivity contribution in [3.8, 4) is 6.07 Å². The van der Waals surface area contributed by atoms with Crippen molar-refractivity contribution >= 4 is 23.3 Å². The number of nitrogens with zero attached hydrogens (tertiary/aromatic N) is 2. The monoisotopic (exact) mass is 260 g/mol. The van der Waals surface area contributed by atoms with Gasteiger partial charge in [-0.1, -0.05) is 0 Å². The molecule has 0 N–H and O–H groups in total. The van der Waals surface area contributed by atoms with Gasteiger partial charge in [0.25, 0.3) is 0 Å². The highest BCUT2D eigenvalue weighted by Gasteiger charge is 2.39. The minimum absolute atomic E-state index is 0.0935. The number of aromatic nitrogens is 1. The van der Waals surface area contributed by atoms with E-state index < -0.39 is 11.7 Å². The Bertz CT molecular complexity index is 515. The van der Waals surface area contributed by atoms with Gasteiger partial charge in [0, 0.05) is 17.0 Å². The molecule has 1 unspecified atom stereocenters. The van der Waals surface area contributed by atoms with Gasteiger partial charge in [-0.05, 0) is 31.2 Å². The molecule has 1 atom stereocenters. The van der Waals surface area contributed by atoms with Crippen molar-refractivity contribution in [3.63, 3.8) is 0 Å². The van der Waals surface area contributed by atoms with Crippen LogP contribution < -0.4 is 0 Å². The van der Waals surface area contributed by atoms with Crippen LogP contribution in [-0.4, -0.2) is 22.8 Å². The van der Waals surface area contributed by atoms with E-state index in [0.717, 1.165) is 17.7 Å². The zero-order chi connectivity index (χ0) is 13.1. The van der Waals surface area contributed by atoms with E-state index in [0.29, 0.717) is 0 Å². The van der Waals surface area contributed by atoms with Gasteiger partial charge < -0.3 is 0 Å². The van der Waals surface area contributed by atoms with Crippen molar-refractivity contribution in [1.82, 2.24) is 4.98 Å². The van der Waals surface area contributed by atoms with Crippen LogP contribution >= 0.6 is 11.8 Å². The molecule has 0 aromatic carbocycles. The summed E-state index contributed by atoms with van der Waals surface area (Å²) in [5.41, 5.74) is 0.188. The molecule has 0 spiro atoms. The highest BCUT2D eigenvalue weighted by atomic mass is 32.2. The number of hydrogen-bond donors (Lipinski definition) is 0. The Labute approximate surface area is 109 Å². The van der Waals surface area contributed by atoms with Crippen LogP contribution in [0, 0.1) is 23.2 Å². The Morgan fingerprint density at radius 1 is 1.50 bits per heavy atom. The van der Waals surface area contributed by atoms with Crippen molar-refractivity contribution in [1.29, 1.82) is 5.26 Å². The zero-order valence-corrected chi connectivity index (χ0v) is 10.7. The predicted molar refractivity (Wildman–Crippen MR) is 67.2 cm³/mol. The van der Waals surface area contributed by atoms with Crippen LogP contribution in [0.25, 0.3) is 0 Å². The Hall–Kier alpha value is -1.67. The van der Waals surface area contributed by atoms with Crippen LogP contribution in [0.2, 0.25) is 0 Å². The van der Waals surface area contributed by atoms with Crippen molar-refractivity contribution < 1.29 is 9.59 Å². The predicted octanol–water partition coefficient (Wildman–Crippen LogP) is 2.11. The second kappa shape index (κ2) is 5.32. The molecule has 0 bridgehead atoms. The van der Waals surface area contributed by atoms with Gasteiger partial charge in [0.1, 0.15) is 5.69 Å². The second-order valence-corrected chi connectivity index (χ2v) is 5.07. The SMILES string of the molecule is CSc1ccc(C(=O)C(C#N)C(=O)C2CC2)nc1. The van der Waals surface area contributed by atoms with Crippen molar-refractivity contribution in [2.45, 2.75) is 17.7 Å². The number of rotatable bonds is 5. The first-order valence-corrected chi connectivity index (χ1v) is 6.87. The molecule has 4 nitrogen and oxygen atoms in total. The van der Waals surface area contributed by atoms with E-state index in [1.807, 2.05) is 6.26 Å². The maximum absolute atomic E-state index is 12.0. The first-order valence-electron chi connectivity index (χ1n) is 5.65. The molecule has 1 aromatic heterocycles. The average molecular weight is 260 g/mol. The summed E-state index contributed by atoms with van der Waals surface area (Å²) in [6, 6.07) is 5.14. The lowest BCUT2D eigenvalue weighted by atomic mass is 9.95. The first kappa shape index (κ1) is 12.8. The largest absolute Gasteiger partial charge is 0.297 e. The van der Waals surface area contributed by atoms with Gasteiger partial charge in [-0.25, -0.2) is 0 Å². The molecule has 1 heterocycles. The van der Waals surface area contributed by atoms with E-state index >= 15 is 0 Å². The summed E-state index contributed by atoms with van der Waals surface area (Å²) < 4.78 is 0. The topological polar surface area (TPSA) is 70.8 Å². The molecule has 0 saturated heterocycles. The van der Waals surface area contributed by atoms with Crippen LogP contribution in [0.1, 0.15) is 23.3 Å². The molecular formula is C13H12N2O2S. The fraction of sp³-hybridized carbons (Fsp3) is 0.385. The van der Waals surface area contributed by atoms with Crippen molar-refractivity contribution in [3.05, 3.63) is 24.0 Å². The minimum atomic E-state index is -1.19. The Kier molecular flexibility index (Phi) is 3.78. The molecule has 92 valence electrons. The standard InChI is InChI=1S/C13H12N2O2S/c1-18-9-4-5-11(15-7-9)13(17)10(6-14)12(16)8-2-3-8/h4-5,7-8,10H,2-3H2,1H3. The van der Waals surface area contributed by atoms with Crippen LogP contribution in [0.4, 0.5) is 0 Å². The van der Waals surface area contributed by atoms with Crippen LogP contribution in [0.3, 0.4) is 0 Å². The third-order valence-corrected chi connectivity index (χ3v) is 3.59. The van der Waals surface area contributed by atoms with Gasteiger partial charge in [0.15, 0.2) is 11.7 Å². The van der Waals surface area contributed by atoms with Crippen LogP contribution in [0.15, 0.2) is 23.2 Å². The molecule has 1 aliphatic rings. The van der Waals surface area contributed by atoms with Crippen molar-refractivity contribution in [2.75, 3.05) is 6.26 Å². The summed E-state index contributed by atoms with van der Waals surface area (Å²) in [7, 11) is 0. The molecule has 0 amide bonds. The maximum Gasteiger partial charge on any atom is 0.205 e. The lowest BCUT2D eigenvalue weighted by Gasteiger charge is -2.06. The normalized spacial score (nSPS) is 15.8. The quantitative estimate of drug-likeness (QED) is 0.460. The van der Waals surface area contributed by atoms with Gasteiger partial charge in [-0.15, -0.1) is 11.8 Å². The molecule has 0 aliphatic heterocycles. The Balaban J connectivity index is 2.17. The Morgan fingerprint density at radius 3 is 2.67 bits per heavy atom. The number of pyridine rings is 1. The number of ketones is 2. The van der Waals surface area contributed by atoms with Crippen LogP contribution in [0.5, 0.6) is 0 Å². The minimum Gasteiger partial charge on any atom is -0.297 e. The summed E-state index contributed by atoms with van der Waals surface area (Å²) in [6.07, 6.45) is 5.08. The molecule has 1 aliphatic carbocycles. The van der Waals surface area contributed by atoms with E-state index in [4.69, 9.17) is 5.26 Å². The summed E-state index contributed by atoms with van der Waals surface area (Å²) in [6.45, 7) is 0. The third kappa shape index (κ3) is 2.59. The molecule has 1 saturated carbocycles. The zero-order valence-electron chi connectivity index (χ0n) is 9.92. The van der Waals surface area contributed by atoms with Gasteiger partial charge in [-0.2, -0.15) is 5.26 Å². The van der Waals surface area contributed by atoms with Gasteiger partial charge in [0.2, 0.25) is 5.78 Å². The second-order valence-electron chi connectivity index (χ2n) is 4.19. The van der Waals surface area contributed by atoms with Crippen molar-refractivity contribution in [2.24, 2.45) is 11.8 Å². The van der Waals surface area contributed by atoms with Gasteiger partial charge in [0.05, 0.1) is 6.07 Å². The van der Waals surface area contributed by atoms with E-state index in [1.165, 1.54) is 11.8 Å². The summed E-state index contributed by atoms with van der Waals surface area (Å²) >= 11 is 1.52. The summed E-state index contributed by atoms with van der Waals surface area (Å²) in [5.74, 6) is -2.02. The highest BCUT2D eigenvalue weighted by molar-refractivity contribution is 7.98. The lowest BCUT2D eigenvalue weighted by Crippen LogP contribution is -2.24. The number of thioether (sulfide) groups is 1. The molecule has 2 rings (SSSR count). The fourth-order valence-corrected chi connectivity index (χ4v) is 2.01. The number of hydrogen-bond acceptors (Lipinski definition) is 5. The number of Topliss-reactive ketones (excluding diaryl/α,β-unsaturated/α-hetero) is 2. The van der Waals surface area contributed by atoms with Gasteiger partial charge >= 0.3 is 0 Å². The third-order valence-electron chi connectivity index (χ3n) is 2.88. The number of carbonyl (C=O) groups excluding carboxylic acids is 2. The van der Waals surface area contributed by atoms with E-state index in [9.17, 15) is 9.59 Å². The van der Waals surface area contributed by atoms with Gasteiger partial charge in [-0.3, -0.25) is 14.6 Å². The molecule has 1 aromatic rings. The summed E-state index contributed by atoms with van der Waals surface area (Å²) in [5, 5.41) is 8.98. The van der Waals surface area contributed by atoms with Crippen LogP contribution in [-0.2, 0) is 4.79 Å². The maximum atomic E-state index is 12.0.